The molecule has 3 heteroatoms. The Bertz CT molecular complexity index is 915. The van der Waals surface area contributed by atoms with Crippen molar-refractivity contribution >= 4 is 16.8 Å². The number of nitrogens with zero attached hydrogens (tertiary/aromatic N) is 2. The highest BCUT2D eigenvalue weighted by atomic mass is 16.2. The molecule has 0 spiro atoms. The average molecular weight is 332 g/mol. The van der Waals surface area contributed by atoms with Crippen LogP contribution in [0.3, 0.4) is 0 Å². The number of pyridine rings is 1. The van der Waals surface area contributed by atoms with Crippen LogP contribution in [0.25, 0.3) is 22.0 Å². The van der Waals surface area contributed by atoms with Crippen molar-refractivity contribution in [2.45, 2.75) is 26.2 Å². The topological polar surface area (TPSA) is 33.2 Å². The molecule has 1 atom stereocenters. The molecule has 3 aromatic rings. The summed E-state index contributed by atoms with van der Waals surface area (Å²) in [5.41, 5.74) is 5.81. The Morgan fingerprint density at radius 2 is 1.84 bits per heavy atom. The number of carbonyl (C=O) groups excluding carboxylic acids is 1. The molecule has 2 aromatic carbocycles. The van der Waals surface area contributed by atoms with Gasteiger partial charge < -0.3 is 4.90 Å². The van der Waals surface area contributed by atoms with E-state index in [0.717, 1.165) is 16.5 Å². The van der Waals surface area contributed by atoms with Crippen molar-refractivity contribution in [2.24, 2.45) is 0 Å². The lowest BCUT2D eigenvalue weighted by Crippen LogP contribution is -2.23. The molecule has 3 rings (SSSR count). The molecule has 0 aliphatic rings. The third kappa shape index (κ3) is 3.55. The summed E-state index contributed by atoms with van der Waals surface area (Å²) in [6, 6.07) is 16.9. The predicted octanol–water partition coefficient (Wildman–Crippen LogP) is 4.79. The summed E-state index contributed by atoms with van der Waals surface area (Å²) in [6.45, 7) is 4.22. The van der Waals surface area contributed by atoms with Gasteiger partial charge in [0.25, 0.3) is 0 Å². The van der Waals surface area contributed by atoms with Crippen molar-refractivity contribution in [2.75, 3.05) is 14.1 Å². The van der Waals surface area contributed by atoms with Gasteiger partial charge in [-0.1, -0.05) is 43.3 Å². The van der Waals surface area contributed by atoms with Gasteiger partial charge in [-0.05, 0) is 47.2 Å². The Morgan fingerprint density at radius 1 is 1.08 bits per heavy atom. The second-order valence-electron chi connectivity index (χ2n) is 6.84. The molecule has 0 bridgehead atoms. The van der Waals surface area contributed by atoms with E-state index < -0.39 is 0 Å². The maximum atomic E-state index is 12.0. The molecule has 1 aromatic heterocycles. The molecule has 0 saturated heterocycles. The second kappa shape index (κ2) is 7.06. The summed E-state index contributed by atoms with van der Waals surface area (Å²) >= 11 is 0. The van der Waals surface area contributed by atoms with E-state index in [1.807, 2.05) is 6.20 Å². The van der Waals surface area contributed by atoms with Gasteiger partial charge in [0, 0.05) is 32.1 Å². The Labute approximate surface area is 149 Å². The van der Waals surface area contributed by atoms with Crippen LogP contribution in [0.2, 0.25) is 0 Å². The van der Waals surface area contributed by atoms with Gasteiger partial charge in [-0.2, -0.15) is 0 Å². The van der Waals surface area contributed by atoms with Gasteiger partial charge in [-0.3, -0.25) is 9.78 Å². The number of hydrogen-bond acceptors (Lipinski definition) is 2. The highest BCUT2D eigenvalue weighted by Gasteiger charge is 2.14. The molecule has 0 radical (unpaired) electrons. The largest absolute Gasteiger partial charge is 0.349 e. The summed E-state index contributed by atoms with van der Waals surface area (Å²) in [5, 5.41) is 1.15. The lowest BCUT2D eigenvalue weighted by Gasteiger charge is -2.16. The van der Waals surface area contributed by atoms with Crippen molar-refractivity contribution in [1.82, 2.24) is 9.88 Å². The smallest absolute Gasteiger partial charge is 0.222 e. The van der Waals surface area contributed by atoms with Crippen molar-refractivity contribution in [3.8, 4) is 11.1 Å². The Balaban J connectivity index is 2.00. The first-order chi connectivity index (χ1) is 12.0. The minimum Gasteiger partial charge on any atom is -0.349 e. The number of hydrogen-bond donors (Lipinski definition) is 0. The minimum atomic E-state index is 0.147. The van der Waals surface area contributed by atoms with Crippen LogP contribution in [0, 0.1) is 6.92 Å². The van der Waals surface area contributed by atoms with Crippen LogP contribution >= 0.6 is 0 Å². The fourth-order valence-corrected chi connectivity index (χ4v) is 3.14. The van der Waals surface area contributed by atoms with E-state index in [1.165, 1.54) is 16.7 Å². The zero-order valence-corrected chi connectivity index (χ0v) is 15.3. The molecular weight excluding hydrogens is 308 g/mol. The first-order valence-electron chi connectivity index (χ1n) is 8.62. The molecule has 3 nitrogen and oxygen atoms in total. The fourth-order valence-electron chi connectivity index (χ4n) is 3.14. The standard InChI is InChI=1S/C22H24N2O/c1-15-7-5-6-8-18(15)19-11-12-23-21-14-17(9-10-20(19)21)16(2)13-22(25)24(3)4/h5-12,14,16H,13H2,1-4H3. The van der Waals surface area contributed by atoms with Crippen molar-refractivity contribution in [3.63, 3.8) is 0 Å². The zero-order valence-electron chi connectivity index (χ0n) is 15.3. The number of amides is 1. The summed E-state index contributed by atoms with van der Waals surface area (Å²) in [7, 11) is 3.59. The molecule has 0 saturated carbocycles. The number of aryl methyl sites for hydroxylation is 1. The van der Waals surface area contributed by atoms with E-state index in [4.69, 9.17) is 0 Å². The molecule has 1 unspecified atom stereocenters. The predicted molar refractivity (Wildman–Crippen MR) is 104 cm³/mol. The lowest BCUT2D eigenvalue weighted by atomic mass is 9.93. The van der Waals surface area contributed by atoms with Gasteiger partial charge in [0.2, 0.25) is 5.91 Å². The Morgan fingerprint density at radius 3 is 2.56 bits per heavy atom. The molecule has 128 valence electrons. The fraction of sp³-hybridized carbons (Fsp3) is 0.273. The molecular formula is C22H24N2O. The number of aromatic nitrogens is 1. The molecule has 0 N–H and O–H groups in total. The van der Waals surface area contributed by atoms with Gasteiger partial charge in [0.05, 0.1) is 5.52 Å². The van der Waals surface area contributed by atoms with Crippen LogP contribution in [-0.4, -0.2) is 29.9 Å². The number of fused-ring (bicyclic) bond motifs is 1. The third-order valence-electron chi connectivity index (χ3n) is 4.75. The highest BCUT2D eigenvalue weighted by Crippen LogP contribution is 2.31. The van der Waals surface area contributed by atoms with Crippen molar-refractivity contribution < 1.29 is 4.79 Å². The molecule has 25 heavy (non-hydrogen) atoms. The maximum Gasteiger partial charge on any atom is 0.222 e. The first-order valence-corrected chi connectivity index (χ1v) is 8.62. The Hall–Kier alpha value is -2.68. The van der Waals surface area contributed by atoms with E-state index in [-0.39, 0.29) is 11.8 Å². The van der Waals surface area contributed by atoms with Crippen LogP contribution in [0.15, 0.2) is 54.7 Å². The molecule has 0 aliphatic carbocycles. The lowest BCUT2D eigenvalue weighted by molar-refractivity contribution is -0.129. The van der Waals surface area contributed by atoms with E-state index in [2.05, 4.69) is 67.4 Å². The summed E-state index contributed by atoms with van der Waals surface area (Å²) in [6.07, 6.45) is 2.37. The highest BCUT2D eigenvalue weighted by molar-refractivity contribution is 5.95. The van der Waals surface area contributed by atoms with Crippen LogP contribution in [0.4, 0.5) is 0 Å². The molecule has 1 amide bonds. The SMILES string of the molecule is Cc1ccccc1-c1ccnc2cc(C(C)CC(=O)N(C)C)ccc12. The minimum absolute atomic E-state index is 0.147. The van der Waals surface area contributed by atoms with E-state index >= 15 is 0 Å². The van der Waals surface area contributed by atoms with Crippen LogP contribution in [0.5, 0.6) is 0 Å². The maximum absolute atomic E-state index is 12.0. The number of rotatable bonds is 4. The van der Waals surface area contributed by atoms with Gasteiger partial charge in [-0.25, -0.2) is 0 Å². The van der Waals surface area contributed by atoms with Crippen molar-refractivity contribution in [3.05, 3.63) is 65.9 Å². The molecule has 1 heterocycles. The van der Waals surface area contributed by atoms with Crippen LogP contribution in [-0.2, 0) is 4.79 Å². The molecule has 0 fully saturated rings. The average Bonchev–Trinajstić information content (AvgIpc) is 2.61. The van der Waals surface area contributed by atoms with Crippen molar-refractivity contribution in [1.29, 1.82) is 0 Å². The summed E-state index contributed by atoms with van der Waals surface area (Å²) in [4.78, 5) is 18.2. The monoisotopic (exact) mass is 332 g/mol. The van der Waals surface area contributed by atoms with Crippen LogP contribution < -0.4 is 0 Å². The quantitative estimate of drug-likeness (QED) is 0.688. The first kappa shape index (κ1) is 17.2. The Kier molecular flexibility index (Phi) is 4.84. The number of carbonyl (C=O) groups is 1. The third-order valence-corrected chi connectivity index (χ3v) is 4.75. The van der Waals surface area contributed by atoms with E-state index in [1.54, 1.807) is 19.0 Å². The normalized spacial score (nSPS) is 12.2. The number of benzene rings is 2. The van der Waals surface area contributed by atoms with Gasteiger partial charge in [-0.15, -0.1) is 0 Å². The zero-order chi connectivity index (χ0) is 18.0. The van der Waals surface area contributed by atoms with E-state index in [0.29, 0.717) is 6.42 Å². The van der Waals surface area contributed by atoms with Crippen LogP contribution in [0.1, 0.15) is 30.4 Å². The van der Waals surface area contributed by atoms with E-state index in [9.17, 15) is 4.79 Å². The second-order valence-corrected chi connectivity index (χ2v) is 6.84. The van der Waals surface area contributed by atoms with Gasteiger partial charge in [0.15, 0.2) is 0 Å². The molecule has 0 aliphatic heterocycles. The van der Waals surface area contributed by atoms with Gasteiger partial charge >= 0.3 is 0 Å². The summed E-state index contributed by atoms with van der Waals surface area (Å²) < 4.78 is 0. The summed E-state index contributed by atoms with van der Waals surface area (Å²) in [5.74, 6) is 0.317. The van der Waals surface area contributed by atoms with Gasteiger partial charge in [0.1, 0.15) is 0 Å².